The third kappa shape index (κ3) is 3.13. The van der Waals surface area contributed by atoms with Crippen LogP contribution in [0.25, 0.3) is 55.8 Å². The second-order valence-electron chi connectivity index (χ2n) is 7.93. The fraction of sp³-hybridized carbons (Fsp3) is 0.0833. The zero-order valence-electron chi connectivity index (χ0n) is 17.8. The molecule has 0 aliphatic carbocycles. The van der Waals surface area contributed by atoms with Gasteiger partial charge in [-0.3, -0.25) is 15.1 Å². The van der Waals surface area contributed by atoms with Gasteiger partial charge in [-0.05, 0) is 24.3 Å². The number of nitrogens with one attached hydrogen (secondary N) is 2. The number of halogens is 1. The molecule has 0 bridgehead atoms. The maximum Gasteiger partial charge on any atom is 0.159 e. The van der Waals surface area contributed by atoms with Gasteiger partial charge in [-0.25, -0.2) is 9.37 Å². The van der Waals surface area contributed by atoms with E-state index in [2.05, 4.69) is 25.1 Å². The van der Waals surface area contributed by atoms with Crippen LogP contribution in [0.2, 0.25) is 0 Å². The summed E-state index contributed by atoms with van der Waals surface area (Å²) < 4.78 is 20.2. The average Bonchev–Trinajstić information content (AvgIpc) is 3.57. The summed E-state index contributed by atoms with van der Waals surface area (Å²) in [6.07, 6.45) is 8.34. The number of H-pyrrole nitrogens is 2. The normalized spacial score (nSPS) is 11.5. The zero-order chi connectivity index (χ0) is 22.5. The quantitative estimate of drug-likeness (QED) is 0.400. The van der Waals surface area contributed by atoms with Gasteiger partial charge in [0.25, 0.3) is 0 Å². The van der Waals surface area contributed by atoms with Crippen LogP contribution in [0.3, 0.4) is 0 Å². The van der Waals surface area contributed by atoms with Gasteiger partial charge in [0.2, 0.25) is 0 Å². The second-order valence-corrected chi connectivity index (χ2v) is 7.93. The summed E-state index contributed by atoms with van der Waals surface area (Å²) in [5.41, 5.74) is 6.25. The molecule has 0 spiro atoms. The topological polar surface area (TPSA) is 99.5 Å². The van der Waals surface area contributed by atoms with Crippen LogP contribution >= 0.6 is 0 Å². The molecule has 2 N–H and O–H groups in total. The highest BCUT2D eigenvalue weighted by atomic mass is 19.1. The van der Waals surface area contributed by atoms with Crippen molar-refractivity contribution in [2.45, 2.75) is 0 Å². The molecule has 6 aromatic rings. The minimum Gasteiger partial charge on any atom is -0.472 e. The molecule has 0 aliphatic rings. The highest BCUT2D eigenvalue weighted by molar-refractivity contribution is 5.97. The number of rotatable bonds is 4. The molecule has 8 nitrogen and oxygen atoms in total. The summed E-state index contributed by atoms with van der Waals surface area (Å²) in [6.45, 7) is 0. The number of nitrogens with zero attached hydrogens (tertiary/aromatic N) is 5. The molecule has 0 aliphatic heterocycles. The first-order valence-electron chi connectivity index (χ1n) is 10.3. The second kappa shape index (κ2) is 7.27. The summed E-state index contributed by atoms with van der Waals surface area (Å²) in [7, 11) is 3.84. The first kappa shape index (κ1) is 19.2. The number of benzene rings is 1. The maximum absolute atomic E-state index is 15.0. The molecule has 33 heavy (non-hydrogen) atoms. The zero-order valence-corrected chi connectivity index (χ0v) is 17.8. The average molecular weight is 439 g/mol. The summed E-state index contributed by atoms with van der Waals surface area (Å²) in [5, 5.41) is 8.09. The van der Waals surface area contributed by atoms with Crippen molar-refractivity contribution in [3.63, 3.8) is 0 Å². The van der Waals surface area contributed by atoms with Gasteiger partial charge in [-0.2, -0.15) is 5.10 Å². The van der Waals surface area contributed by atoms with Crippen LogP contribution in [0.15, 0.2) is 65.9 Å². The van der Waals surface area contributed by atoms with Gasteiger partial charge in [0, 0.05) is 54.6 Å². The first-order chi connectivity index (χ1) is 16.1. The molecule has 9 heteroatoms. The van der Waals surface area contributed by atoms with Crippen LogP contribution in [-0.4, -0.2) is 44.2 Å². The van der Waals surface area contributed by atoms with E-state index in [1.165, 1.54) is 6.07 Å². The third-order valence-corrected chi connectivity index (χ3v) is 5.62. The van der Waals surface area contributed by atoms with E-state index in [1.807, 2.05) is 37.2 Å². The Morgan fingerprint density at radius 2 is 1.91 bits per heavy atom. The summed E-state index contributed by atoms with van der Waals surface area (Å²) in [6, 6.07) is 8.83. The fourth-order valence-corrected chi connectivity index (χ4v) is 3.92. The van der Waals surface area contributed by atoms with Crippen molar-refractivity contribution in [1.82, 2.24) is 30.1 Å². The number of fused-ring (bicyclic) bond motifs is 2. The molecule has 0 unspecified atom stereocenters. The number of imidazole rings is 1. The molecule has 6 rings (SSSR count). The first-order valence-corrected chi connectivity index (χ1v) is 10.3. The Labute approximate surface area is 187 Å². The minimum atomic E-state index is -0.355. The highest BCUT2D eigenvalue weighted by Gasteiger charge is 2.18. The van der Waals surface area contributed by atoms with E-state index >= 15 is 0 Å². The third-order valence-electron chi connectivity index (χ3n) is 5.62. The van der Waals surface area contributed by atoms with E-state index in [4.69, 9.17) is 9.40 Å². The maximum atomic E-state index is 15.0. The lowest BCUT2D eigenvalue weighted by Gasteiger charge is -2.13. The van der Waals surface area contributed by atoms with E-state index < -0.39 is 0 Å². The summed E-state index contributed by atoms with van der Waals surface area (Å²) in [4.78, 5) is 18.7. The Morgan fingerprint density at radius 3 is 2.73 bits per heavy atom. The molecule has 0 saturated carbocycles. The van der Waals surface area contributed by atoms with E-state index in [0.29, 0.717) is 39.4 Å². The standard InChI is InChI=1S/C24H18FN7O/c1-32(2)15-7-14(10-26-11-15)16-8-17-20(9-18(16)25)30-31-22(17)24-28-19-3-5-27-21(23(19)29-24)13-4-6-33-12-13/h3-12H,1-2H3,(H,28,29)(H,30,31). The van der Waals surface area contributed by atoms with Crippen LogP contribution in [0.4, 0.5) is 10.1 Å². The van der Waals surface area contributed by atoms with Crippen LogP contribution in [0, 0.1) is 5.82 Å². The highest BCUT2D eigenvalue weighted by Crippen LogP contribution is 2.34. The van der Waals surface area contributed by atoms with Gasteiger partial charge in [0.15, 0.2) is 5.82 Å². The Bertz CT molecular complexity index is 1620. The molecule has 0 amide bonds. The van der Waals surface area contributed by atoms with Crippen molar-refractivity contribution >= 4 is 27.6 Å². The Kier molecular flexibility index (Phi) is 4.22. The minimum absolute atomic E-state index is 0.355. The van der Waals surface area contributed by atoms with Crippen LogP contribution < -0.4 is 4.90 Å². The molecule has 0 fully saturated rings. The van der Waals surface area contributed by atoms with E-state index in [1.54, 1.807) is 37.2 Å². The lowest BCUT2D eigenvalue weighted by Crippen LogP contribution is -2.08. The van der Waals surface area contributed by atoms with Crippen molar-refractivity contribution in [2.75, 3.05) is 19.0 Å². The molecule has 162 valence electrons. The number of aromatic nitrogens is 6. The monoisotopic (exact) mass is 439 g/mol. The van der Waals surface area contributed by atoms with Gasteiger partial charge in [0.1, 0.15) is 22.7 Å². The van der Waals surface area contributed by atoms with Crippen molar-refractivity contribution < 1.29 is 8.81 Å². The number of anilines is 1. The van der Waals surface area contributed by atoms with Gasteiger partial charge in [0.05, 0.1) is 35.4 Å². The number of hydrogen-bond acceptors (Lipinski definition) is 6. The van der Waals surface area contributed by atoms with Gasteiger partial charge >= 0.3 is 0 Å². The number of furan rings is 1. The Morgan fingerprint density at radius 1 is 1.00 bits per heavy atom. The van der Waals surface area contributed by atoms with Crippen LogP contribution in [0.5, 0.6) is 0 Å². The van der Waals surface area contributed by atoms with Crippen molar-refractivity contribution in [3.8, 4) is 33.9 Å². The molecule has 5 aromatic heterocycles. The summed E-state index contributed by atoms with van der Waals surface area (Å²) in [5.74, 6) is 0.207. The smallest absolute Gasteiger partial charge is 0.159 e. The Hall–Kier alpha value is -4.53. The van der Waals surface area contributed by atoms with Crippen molar-refractivity contribution in [3.05, 3.63) is 67.3 Å². The predicted molar refractivity (Wildman–Crippen MR) is 124 cm³/mol. The van der Waals surface area contributed by atoms with E-state index in [9.17, 15) is 4.39 Å². The number of hydrogen-bond donors (Lipinski definition) is 2. The molecule has 1 aromatic carbocycles. The number of aromatic amines is 2. The van der Waals surface area contributed by atoms with Crippen LogP contribution in [-0.2, 0) is 0 Å². The van der Waals surface area contributed by atoms with Gasteiger partial charge < -0.3 is 14.3 Å². The van der Waals surface area contributed by atoms with Crippen molar-refractivity contribution in [1.29, 1.82) is 0 Å². The van der Waals surface area contributed by atoms with Crippen LogP contribution in [0.1, 0.15) is 0 Å². The predicted octanol–water partition coefficient (Wildman–Crippen LogP) is 5.03. The summed E-state index contributed by atoms with van der Waals surface area (Å²) >= 11 is 0. The number of pyridine rings is 2. The molecule has 0 radical (unpaired) electrons. The van der Waals surface area contributed by atoms with E-state index in [-0.39, 0.29) is 5.82 Å². The van der Waals surface area contributed by atoms with E-state index in [0.717, 1.165) is 22.2 Å². The Balaban J connectivity index is 1.52. The lowest BCUT2D eigenvalue weighted by molar-refractivity contribution is 0.568. The van der Waals surface area contributed by atoms with Gasteiger partial charge in [-0.15, -0.1) is 0 Å². The molecule has 0 atom stereocenters. The molecule has 0 saturated heterocycles. The molecule has 5 heterocycles. The fourth-order valence-electron chi connectivity index (χ4n) is 3.92. The largest absolute Gasteiger partial charge is 0.472 e. The van der Waals surface area contributed by atoms with Gasteiger partial charge in [-0.1, -0.05) is 0 Å². The SMILES string of the molecule is CN(C)c1cncc(-c2cc3c(-c4nc5c(-c6ccoc6)nccc5[nH]4)n[nH]c3cc2F)c1. The molecular formula is C24H18FN7O. The lowest BCUT2D eigenvalue weighted by atomic mass is 10.0. The van der Waals surface area contributed by atoms with Crippen molar-refractivity contribution in [2.24, 2.45) is 0 Å². The molecular weight excluding hydrogens is 421 g/mol.